The average Bonchev–Trinajstić information content (AvgIpc) is 2.94. The molecule has 0 fully saturated rings. The number of carbonyl (C=O) groups is 1. The van der Waals surface area contributed by atoms with E-state index in [1.807, 2.05) is 49.2 Å². The van der Waals surface area contributed by atoms with Gasteiger partial charge in [-0.05, 0) is 31.0 Å². The molecule has 1 atom stereocenters. The van der Waals surface area contributed by atoms with Crippen molar-refractivity contribution in [3.63, 3.8) is 0 Å². The summed E-state index contributed by atoms with van der Waals surface area (Å²) in [5, 5.41) is 14.2. The number of rotatable bonds is 5. The first kappa shape index (κ1) is 15.2. The summed E-state index contributed by atoms with van der Waals surface area (Å²) in [5.41, 5.74) is 1.67. The van der Waals surface area contributed by atoms with Crippen molar-refractivity contribution < 1.29 is 4.79 Å². The Morgan fingerprint density at radius 1 is 1.38 bits per heavy atom. The van der Waals surface area contributed by atoms with Gasteiger partial charge in [-0.1, -0.05) is 30.3 Å². The first-order valence-electron chi connectivity index (χ1n) is 6.64. The predicted octanol–water partition coefficient (Wildman–Crippen LogP) is 3.08. The molecule has 21 heavy (non-hydrogen) atoms. The standard InChI is InChI=1S/C16H17N3OS/c1-12(19(2)11-13-6-4-3-5-7-13)15(20)18-16-14(10-17)8-9-21-16/h3-9,12H,11H2,1-2H3,(H,18,20)/t12-/m0/s1. The van der Waals surface area contributed by atoms with Crippen LogP contribution in [0.2, 0.25) is 0 Å². The number of nitrogens with one attached hydrogen (secondary N) is 1. The lowest BCUT2D eigenvalue weighted by Gasteiger charge is -2.23. The molecule has 0 spiro atoms. The Bertz CT molecular complexity index is 645. The van der Waals surface area contributed by atoms with E-state index in [2.05, 4.69) is 11.4 Å². The van der Waals surface area contributed by atoms with E-state index in [4.69, 9.17) is 5.26 Å². The molecule has 1 amide bonds. The highest BCUT2D eigenvalue weighted by Crippen LogP contribution is 2.22. The van der Waals surface area contributed by atoms with Gasteiger partial charge in [-0.3, -0.25) is 9.69 Å². The number of likely N-dealkylation sites (N-methyl/N-ethyl adjacent to an activating group) is 1. The molecular weight excluding hydrogens is 282 g/mol. The fraction of sp³-hybridized carbons (Fsp3) is 0.250. The first-order chi connectivity index (χ1) is 10.1. The summed E-state index contributed by atoms with van der Waals surface area (Å²) in [5.74, 6) is -0.104. The molecule has 5 heteroatoms. The first-order valence-corrected chi connectivity index (χ1v) is 7.52. The Labute approximate surface area is 128 Å². The minimum Gasteiger partial charge on any atom is -0.315 e. The average molecular weight is 299 g/mol. The van der Waals surface area contributed by atoms with Gasteiger partial charge < -0.3 is 5.32 Å². The maximum absolute atomic E-state index is 12.3. The van der Waals surface area contributed by atoms with E-state index >= 15 is 0 Å². The highest BCUT2D eigenvalue weighted by molar-refractivity contribution is 7.14. The number of thiophene rings is 1. The van der Waals surface area contributed by atoms with E-state index < -0.39 is 0 Å². The van der Waals surface area contributed by atoms with Crippen molar-refractivity contribution in [2.75, 3.05) is 12.4 Å². The molecule has 0 saturated carbocycles. The third-order valence-electron chi connectivity index (χ3n) is 3.34. The maximum Gasteiger partial charge on any atom is 0.242 e. The van der Waals surface area contributed by atoms with Gasteiger partial charge in [-0.2, -0.15) is 5.26 Å². The maximum atomic E-state index is 12.3. The van der Waals surface area contributed by atoms with Crippen LogP contribution in [0.1, 0.15) is 18.1 Å². The second-order valence-electron chi connectivity index (χ2n) is 4.84. The fourth-order valence-electron chi connectivity index (χ4n) is 1.92. The van der Waals surface area contributed by atoms with Crippen molar-refractivity contribution in [3.05, 3.63) is 52.9 Å². The molecule has 1 aromatic carbocycles. The summed E-state index contributed by atoms with van der Waals surface area (Å²) in [6.45, 7) is 2.56. The van der Waals surface area contributed by atoms with E-state index in [1.54, 1.807) is 11.4 Å². The number of hydrogen-bond acceptors (Lipinski definition) is 4. The van der Waals surface area contributed by atoms with Crippen LogP contribution in [0.25, 0.3) is 0 Å². The zero-order valence-corrected chi connectivity index (χ0v) is 12.9. The quantitative estimate of drug-likeness (QED) is 0.923. The summed E-state index contributed by atoms with van der Waals surface area (Å²) in [6, 6.07) is 13.5. The summed E-state index contributed by atoms with van der Waals surface area (Å²) < 4.78 is 0. The largest absolute Gasteiger partial charge is 0.315 e. The van der Waals surface area contributed by atoms with E-state index in [0.717, 1.165) is 5.56 Å². The molecule has 1 aromatic heterocycles. The van der Waals surface area contributed by atoms with Crippen LogP contribution in [0.4, 0.5) is 5.00 Å². The van der Waals surface area contributed by atoms with Crippen LogP contribution in [-0.4, -0.2) is 23.9 Å². The SMILES string of the molecule is C[C@@H](C(=O)Nc1sccc1C#N)N(C)Cc1ccccc1. The van der Waals surface area contributed by atoms with Gasteiger partial charge in [0.1, 0.15) is 11.1 Å². The molecule has 2 rings (SSSR count). The fourth-order valence-corrected chi connectivity index (χ4v) is 2.66. The van der Waals surface area contributed by atoms with Crippen LogP contribution < -0.4 is 5.32 Å². The minimum atomic E-state index is -0.279. The predicted molar refractivity (Wildman–Crippen MR) is 85.0 cm³/mol. The molecule has 4 nitrogen and oxygen atoms in total. The summed E-state index contributed by atoms with van der Waals surface area (Å²) in [4.78, 5) is 14.2. The van der Waals surface area contributed by atoms with Gasteiger partial charge >= 0.3 is 0 Å². The van der Waals surface area contributed by atoms with Crippen LogP contribution in [-0.2, 0) is 11.3 Å². The van der Waals surface area contributed by atoms with Crippen molar-refractivity contribution in [3.8, 4) is 6.07 Å². The summed E-state index contributed by atoms with van der Waals surface area (Å²) in [7, 11) is 1.91. The Morgan fingerprint density at radius 3 is 2.76 bits per heavy atom. The number of benzene rings is 1. The minimum absolute atomic E-state index is 0.104. The number of nitrogens with zero attached hydrogens (tertiary/aromatic N) is 2. The van der Waals surface area contributed by atoms with Crippen molar-refractivity contribution in [1.82, 2.24) is 4.90 Å². The molecule has 0 saturated heterocycles. The van der Waals surface area contributed by atoms with Crippen LogP contribution >= 0.6 is 11.3 Å². The zero-order chi connectivity index (χ0) is 15.2. The molecule has 0 bridgehead atoms. The van der Waals surface area contributed by atoms with Gasteiger partial charge in [0, 0.05) is 6.54 Å². The van der Waals surface area contributed by atoms with Crippen LogP contribution in [0.15, 0.2) is 41.8 Å². The van der Waals surface area contributed by atoms with E-state index in [9.17, 15) is 4.79 Å². The lowest BCUT2D eigenvalue weighted by atomic mass is 10.2. The lowest BCUT2D eigenvalue weighted by Crippen LogP contribution is -2.39. The normalized spacial score (nSPS) is 11.9. The van der Waals surface area contributed by atoms with Gasteiger partial charge in [0.25, 0.3) is 0 Å². The second-order valence-corrected chi connectivity index (χ2v) is 5.76. The summed E-state index contributed by atoms with van der Waals surface area (Å²) >= 11 is 1.36. The molecule has 0 aliphatic carbocycles. The van der Waals surface area contributed by atoms with Gasteiger partial charge in [0.15, 0.2) is 0 Å². The van der Waals surface area contributed by atoms with E-state index in [-0.39, 0.29) is 11.9 Å². The monoisotopic (exact) mass is 299 g/mol. The Hall–Kier alpha value is -2.16. The number of carbonyl (C=O) groups excluding carboxylic acids is 1. The molecule has 1 heterocycles. The lowest BCUT2D eigenvalue weighted by molar-refractivity contribution is -0.120. The van der Waals surface area contributed by atoms with Gasteiger partial charge in [-0.15, -0.1) is 11.3 Å². The Kier molecular flexibility index (Phi) is 5.09. The van der Waals surface area contributed by atoms with Crippen molar-refractivity contribution in [2.24, 2.45) is 0 Å². The van der Waals surface area contributed by atoms with Crippen LogP contribution in [0.3, 0.4) is 0 Å². The number of hydrogen-bond donors (Lipinski definition) is 1. The van der Waals surface area contributed by atoms with Crippen molar-refractivity contribution in [2.45, 2.75) is 19.5 Å². The zero-order valence-electron chi connectivity index (χ0n) is 12.0. The van der Waals surface area contributed by atoms with E-state index in [0.29, 0.717) is 17.1 Å². The Morgan fingerprint density at radius 2 is 2.10 bits per heavy atom. The second kappa shape index (κ2) is 7.02. The number of amides is 1. The molecule has 2 aromatic rings. The number of nitriles is 1. The van der Waals surface area contributed by atoms with Gasteiger partial charge in [-0.25, -0.2) is 0 Å². The highest BCUT2D eigenvalue weighted by Gasteiger charge is 2.19. The van der Waals surface area contributed by atoms with Crippen molar-refractivity contribution >= 4 is 22.2 Å². The third kappa shape index (κ3) is 3.91. The van der Waals surface area contributed by atoms with Gasteiger partial charge in [0.05, 0.1) is 11.6 Å². The van der Waals surface area contributed by atoms with Crippen molar-refractivity contribution in [1.29, 1.82) is 5.26 Å². The van der Waals surface area contributed by atoms with Crippen LogP contribution in [0.5, 0.6) is 0 Å². The van der Waals surface area contributed by atoms with Crippen LogP contribution in [0, 0.1) is 11.3 Å². The topological polar surface area (TPSA) is 56.1 Å². The van der Waals surface area contributed by atoms with E-state index in [1.165, 1.54) is 11.3 Å². The molecule has 1 N–H and O–H groups in total. The smallest absolute Gasteiger partial charge is 0.242 e. The van der Waals surface area contributed by atoms with Gasteiger partial charge in [0.2, 0.25) is 5.91 Å². The number of anilines is 1. The Balaban J connectivity index is 1.97. The summed E-state index contributed by atoms with van der Waals surface area (Å²) in [6.07, 6.45) is 0. The highest BCUT2D eigenvalue weighted by atomic mass is 32.1. The molecule has 0 unspecified atom stereocenters. The molecule has 0 aliphatic rings. The molecule has 0 radical (unpaired) electrons. The molecule has 108 valence electrons. The molecule has 0 aliphatic heterocycles. The third-order valence-corrected chi connectivity index (χ3v) is 4.17. The molecular formula is C16H17N3OS.